The molecule has 0 radical (unpaired) electrons. The molecule has 7 heteroatoms. The molecule has 1 aliphatic heterocycles. The Morgan fingerprint density at radius 1 is 0.839 bits per heavy atom. The number of carbonyl (C=O) groups is 1. The maximum atomic E-state index is 12.3. The van der Waals surface area contributed by atoms with Crippen LogP contribution in [-0.4, -0.2) is 48.4 Å². The molecule has 0 aliphatic carbocycles. The van der Waals surface area contributed by atoms with Crippen molar-refractivity contribution < 1.29 is 4.79 Å². The lowest BCUT2D eigenvalue weighted by molar-refractivity contribution is -0.121. The first-order valence-corrected chi connectivity index (χ1v) is 10.6. The molecular formula is C24H27N5O2. The van der Waals surface area contributed by atoms with Gasteiger partial charge in [-0.25, -0.2) is 4.68 Å². The van der Waals surface area contributed by atoms with Crippen LogP contribution < -0.4 is 20.7 Å². The van der Waals surface area contributed by atoms with Gasteiger partial charge in [0.25, 0.3) is 5.56 Å². The number of nitrogens with one attached hydrogen (secondary N) is 1. The van der Waals surface area contributed by atoms with Crippen LogP contribution in [0.15, 0.2) is 77.6 Å². The number of benzene rings is 2. The highest BCUT2D eigenvalue weighted by Crippen LogP contribution is 2.18. The molecule has 3 aromatic rings. The summed E-state index contributed by atoms with van der Waals surface area (Å²) in [4.78, 5) is 29.0. The van der Waals surface area contributed by atoms with Gasteiger partial charge in [0.1, 0.15) is 12.4 Å². The van der Waals surface area contributed by atoms with Crippen LogP contribution >= 0.6 is 0 Å². The summed E-state index contributed by atoms with van der Waals surface area (Å²) in [5, 5.41) is 7.32. The van der Waals surface area contributed by atoms with Gasteiger partial charge in [-0.2, -0.15) is 5.10 Å². The first-order chi connectivity index (χ1) is 15.2. The van der Waals surface area contributed by atoms with Gasteiger partial charge in [0, 0.05) is 44.5 Å². The summed E-state index contributed by atoms with van der Waals surface area (Å²) in [6.07, 6.45) is 0.751. The van der Waals surface area contributed by atoms with Crippen molar-refractivity contribution in [1.29, 1.82) is 0 Å². The molecule has 1 N–H and O–H groups in total. The summed E-state index contributed by atoms with van der Waals surface area (Å²) in [6, 6.07) is 23.5. The molecule has 2 aromatic carbocycles. The van der Waals surface area contributed by atoms with Gasteiger partial charge in [0.05, 0.1) is 0 Å². The molecule has 31 heavy (non-hydrogen) atoms. The number of anilines is 2. The van der Waals surface area contributed by atoms with E-state index >= 15 is 0 Å². The maximum absolute atomic E-state index is 12.3. The minimum atomic E-state index is -0.273. The smallest absolute Gasteiger partial charge is 0.267 e. The summed E-state index contributed by atoms with van der Waals surface area (Å²) in [5.41, 5.74) is 2.10. The molecule has 2 heterocycles. The Kier molecular flexibility index (Phi) is 6.62. The Morgan fingerprint density at radius 3 is 2.19 bits per heavy atom. The summed E-state index contributed by atoms with van der Waals surface area (Å²) >= 11 is 0. The van der Waals surface area contributed by atoms with Gasteiger partial charge in [-0.1, -0.05) is 48.5 Å². The predicted molar refractivity (Wildman–Crippen MR) is 123 cm³/mol. The van der Waals surface area contributed by atoms with E-state index in [2.05, 4.69) is 32.3 Å². The SMILES string of the molecule is O=C(Cn1nc(N2CCN(c3ccccc3)CC2)ccc1=O)NCCc1ccccc1. The van der Waals surface area contributed by atoms with E-state index < -0.39 is 0 Å². The molecule has 0 bridgehead atoms. The van der Waals surface area contributed by atoms with E-state index in [4.69, 9.17) is 0 Å². The Labute approximate surface area is 181 Å². The molecule has 0 atom stereocenters. The lowest BCUT2D eigenvalue weighted by atomic mass is 10.1. The molecular weight excluding hydrogens is 390 g/mol. The van der Waals surface area contributed by atoms with Crippen molar-refractivity contribution in [2.45, 2.75) is 13.0 Å². The van der Waals surface area contributed by atoms with E-state index in [0.717, 1.165) is 44.0 Å². The molecule has 0 spiro atoms. The van der Waals surface area contributed by atoms with E-state index in [1.54, 1.807) is 6.07 Å². The van der Waals surface area contributed by atoms with Crippen molar-refractivity contribution in [2.24, 2.45) is 0 Å². The third-order valence-corrected chi connectivity index (χ3v) is 5.45. The fraction of sp³-hybridized carbons (Fsp3) is 0.292. The lowest BCUT2D eigenvalue weighted by Crippen LogP contribution is -2.47. The summed E-state index contributed by atoms with van der Waals surface area (Å²) in [6.45, 7) is 3.83. The van der Waals surface area contributed by atoms with Gasteiger partial charge < -0.3 is 15.1 Å². The average molecular weight is 418 g/mol. The minimum absolute atomic E-state index is 0.0779. The third-order valence-electron chi connectivity index (χ3n) is 5.45. The lowest BCUT2D eigenvalue weighted by Gasteiger charge is -2.36. The Bertz CT molecular complexity index is 1040. The van der Waals surface area contributed by atoms with Gasteiger partial charge in [0.2, 0.25) is 5.91 Å². The summed E-state index contributed by atoms with van der Waals surface area (Å²) < 4.78 is 1.25. The second-order valence-corrected chi connectivity index (χ2v) is 7.58. The second kappa shape index (κ2) is 9.93. The molecule has 1 aliphatic rings. The molecule has 0 saturated carbocycles. The number of piperazine rings is 1. The van der Waals surface area contributed by atoms with E-state index in [9.17, 15) is 9.59 Å². The van der Waals surface area contributed by atoms with Crippen molar-refractivity contribution in [3.05, 3.63) is 88.7 Å². The quantitative estimate of drug-likeness (QED) is 0.636. The fourth-order valence-electron chi connectivity index (χ4n) is 3.74. The van der Waals surface area contributed by atoms with Crippen molar-refractivity contribution >= 4 is 17.4 Å². The Hall–Kier alpha value is -3.61. The minimum Gasteiger partial charge on any atom is -0.368 e. The van der Waals surface area contributed by atoms with Gasteiger partial charge in [0.15, 0.2) is 0 Å². The standard InChI is InChI=1S/C24H27N5O2/c30-23(25-14-13-20-7-3-1-4-8-20)19-29-24(31)12-11-22(26-29)28-17-15-27(16-18-28)21-9-5-2-6-10-21/h1-12H,13-19H2,(H,25,30). The van der Waals surface area contributed by atoms with Crippen LogP contribution in [0.3, 0.4) is 0 Å². The second-order valence-electron chi connectivity index (χ2n) is 7.58. The number of para-hydroxylation sites is 1. The van der Waals surface area contributed by atoms with Crippen molar-refractivity contribution in [1.82, 2.24) is 15.1 Å². The maximum Gasteiger partial charge on any atom is 0.267 e. The number of aromatic nitrogens is 2. The number of amides is 1. The zero-order chi connectivity index (χ0) is 21.5. The van der Waals surface area contributed by atoms with E-state index in [0.29, 0.717) is 6.54 Å². The van der Waals surface area contributed by atoms with Gasteiger partial charge in [-0.15, -0.1) is 0 Å². The molecule has 1 amide bonds. The summed E-state index contributed by atoms with van der Waals surface area (Å²) in [7, 11) is 0. The van der Waals surface area contributed by atoms with Crippen molar-refractivity contribution in [3.63, 3.8) is 0 Å². The van der Waals surface area contributed by atoms with Gasteiger partial charge in [-0.05, 0) is 30.2 Å². The first-order valence-electron chi connectivity index (χ1n) is 10.6. The third kappa shape index (κ3) is 5.51. The molecule has 0 unspecified atom stereocenters. The van der Waals surface area contributed by atoms with Gasteiger partial charge in [-0.3, -0.25) is 9.59 Å². The van der Waals surface area contributed by atoms with Crippen LogP contribution in [0.1, 0.15) is 5.56 Å². The van der Waals surface area contributed by atoms with E-state index in [1.165, 1.54) is 16.4 Å². The van der Waals surface area contributed by atoms with E-state index in [1.807, 2.05) is 48.5 Å². The van der Waals surface area contributed by atoms with Crippen LogP contribution in [0.4, 0.5) is 11.5 Å². The Morgan fingerprint density at radius 2 is 1.48 bits per heavy atom. The van der Waals surface area contributed by atoms with Crippen molar-refractivity contribution in [3.8, 4) is 0 Å². The first kappa shape index (κ1) is 20.7. The van der Waals surface area contributed by atoms with E-state index in [-0.39, 0.29) is 18.0 Å². The topological polar surface area (TPSA) is 70.5 Å². The number of carbonyl (C=O) groups excluding carboxylic acids is 1. The highest BCUT2D eigenvalue weighted by molar-refractivity contribution is 5.75. The monoisotopic (exact) mass is 417 g/mol. The van der Waals surface area contributed by atoms with Crippen LogP contribution in [0.5, 0.6) is 0 Å². The zero-order valence-corrected chi connectivity index (χ0v) is 17.5. The molecule has 4 rings (SSSR count). The highest BCUT2D eigenvalue weighted by atomic mass is 16.2. The van der Waals surface area contributed by atoms with Crippen LogP contribution in [-0.2, 0) is 17.8 Å². The molecule has 160 valence electrons. The van der Waals surface area contributed by atoms with Crippen molar-refractivity contribution in [2.75, 3.05) is 42.5 Å². The largest absolute Gasteiger partial charge is 0.368 e. The number of hydrogen-bond donors (Lipinski definition) is 1. The zero-order valence-electron chi connectivity index (χ0n) is 17.5. The van der Waals surface area contributed by atoms with Crippen LogP contribution in [0.25, 0.3) is 0 Å². The highest BCUT2D eigenvalue weighted by Gasteiger charge is 2.19. The molecule has 1 saturated heterocycles. The summed E-state index contributed by atoms with van der Waals surface area (Å²) in [5.74, 6) is 0.515. The predicted octanol–water partition coefficient (Wildman–Crippen LogP) is 1.93. The number of rotatable bonds is 7. The molecule has 7 nitrogen and oxygen atoms in total. The van der Waals surface area contributed by atoms with Crippen LogP contribution in [0.2, 0.25) is 0 Å². The average Bonchev–Trinajstić information content (AvgIpc) is 2.82. The van der Waals surface area contributed by atoms with Crippen LogP contribution in [0, 0.1) is 0 Å². The normalized spacial score (nSPS) is 13.8. The number of hydrogen-bond acceptors (Lipinski definition) is 5. The molecule has 1 aromatic heterocycles. The molecule has 1 fully saturated rings. The number of nitrogens with zero attached hydrogens (tertiary/aromatic N) is 4. The Balaban J connectivity index is 1.32. The fourth-order valence-corrected chi connectivity index (χ4v) is 3.74. The van der Waals surface area contributed by atoms with Gasteiger partial charge >= 0.3 is 0 Å².